The number of nitrogens with zero attached hydrogens (tertiary/aromatic N) is 1. The molecule has 1 spiro atoms. The smallest absolute Gasteiger partial charge is 0.0540 e. The van der Waals surface area contributed by atoms with Crippen molar-refractivity contribution in [2.24, 2.45) is 0 Å². The summed E-state index contributed by atoms with van der Waals surface area (Å²) in [5.41, 5.74) is 24.5. The predicted molar refractivity (Wildman–Crippen MR) is 270 cm³/mol. The maximum atomic E-state index is 2.57. The lowest BCUT2D eigenvalue weighted by molar-refractivity contribution is 0.353. The third kappa shape index (κ3) is 6.05. The molecular weight excluding hydrogens is 771 g/mol. The Bertz CT molecular complexity index is 3200. The third-order valence-corrected chi connectivity index (χ3v) is 14.9. The molecule has 1 saturated carbocycles. The Hall–Kier alpha value is -7.22. The van der Waals surface area contributed by atoms with Crippen molar-refractivity contribution in [1.29, 1.82) is 0 Å². The first-order valence-electron chi connectivity index (χ1n) is 23.2. The molecule has 1 heteroatoms. The van der Waals surface area contributed by atoms with E-state index in [0.717, 1.165) is 5.69 Å². The molecule has 0 radical (unpaired) electrons. The molecule has 0 aromatic heterocycles. The van der Waals surface area contributed by atoms with Crippen LogP contribution in [0.4, 0.5) is 17.1 Å². The Morgan fingerprint density at radius 1 is 0.328 bits per heavy atom. The van der Waals surface area contributed by atoms with E-state index >= 15 is 0 Å². The molecule has 0 unspecified atom stereocenters. The van der Waals surface area contributed by atoms with Crippen molar-refractivity contribution in [3.05, 3.63) is 235 Å². The fourth-order valence-corrected chi connectivity index (χ4v) is 11.9. The van der Waals surface area contributed by atoms with Crippen molar-refractivity contribution >= 4 is 17.1 Å². The number of rotatable bonds is 7. The molecule has 0 bridgehead atoms. The highest BCUT2D eigenvalue weighted by Gasteiger charge is 2.44. The molecule has 308 valence electrons. The molecule has 0 amide bonds. The van der Waals surface area contributed by atoms with Crippen molar-refractivity contribution in [3.63, 3.8) is 0 Å². The van der Waals surface area contributed by atoms with Gasteiger partial charge < -0.3 is 4.90 Å². The van der Waals surface area contributed by atoms with E-state index in [1.165, 1.54) is 132 Å². The lowest BCUT2D eigenvalue weighted by Crippen LogP contribution is -2.28. The maximum absolute atomic E-state index is 2.57. The van der Waals surface area contributed by atoms with Gasteiger partial charge in [-0.1, -0.05) is 215 Å². The van der Waals surface area contributed by atoms with Crippen LogP contribution in [0.3, 0.4) is 0 Å². The molecule has 0 saturated heterocycles. The van der Waals surface area contributed by atoms with Crippen molar-refractivity contribution in [3.8, 4) is 66.8 Å². The zero-order valence-electron chi connectivity index (χ0n) is 36.7. The number of hydrogen-bond donors (Lipinski definition) is 0. The van der Waals surface area contributed by atoms with E-state index in [4.69, 9.17) is 0 Å². The molecule has 0 N–H and O–H groups in total. The van der Waals surface area contributed by atoms with E-state index < -0.39 is 0 Å². The van der Waals surface area contributed by atoms with Crippen LogP contribution in [0, 0.1) is 0 Å². The van der Waals surface area contributed by atoms with Gasteiger partial charge in [0.1, 0.15) is 0 Å². The molecule has 64 heavy (non-hydrogen) atoms. The summed E-state index contributed by atoms with van der Waals surface area (Å²) in [6, 6.07) is 79.6. The molecule has 0 heterocycles. The molecule has 1 nitrogen and oxygen atoms in total. The van der Waals surface area contributed by atoms with E-state index in [9.17, 15) is 0 Å². The average Bonchev–Trinajstić information content (AvgIpc) is 3.76. The van der Waals surface area contributed by atoms with Crippen LogP contribution >= 0.6 is 0 Å². The van der Waals surface area contributed by atoms with E-state index in [1.807, 2.05) is 0 Å². The van der Waals surface area contributed by atoms with Crippen LogP contribution in [0.15, 0.2) is 212 Å². The Kier molecular flexibility index (Phi) is 9.16. The van der Waals surface area contributed by atoms with E-state index in [-0.39, 0.29) is 10.8 Å². The number of para-hydroxylation sites is 1. The fraction of sp³-hybridized carbons (Fsp3) is 0.143. The van der Waals surface area contributed by atoms with Crippen LogP contribution in [0.1, 0.15) is 68.2 Å². The van der Waals surface area contributed by atoms with Gasteiger partial charge in [-0.2, -0.15) is 0 Å². The molecule has 9 aromatic carbocycles. The Balaban J connectivity index is 1.08. The first-order valence-corrected chi connectivity index (χ1v) is 23.2. The van der Waals surface area contributed by atoms with Crippen molar-refractivity contribution in [2.75, 3.05) is 4.90 Å². The largest absolute Gasteiger partial charge is 0.310 e. The van der Waals surface area contributed by atoms with Crippen LogP contribution in [0.2, 0.25) is 0 Å². The minimum atomic E-state index is -0.161. The van der Waals surface area contributed by atoms with E-state index in [0.29, 0.717) is 0 Å². The summed E-state index contributed by atoms with van der Waals surface area (Å²) in [6.45, 7) is 4.81. The maximum Gasteiger partial charge on any atom is 0.0540 e. The van der Waals surface area contributed by atoms with Crippen LogP contribution < -0.4 is 4.90 Å². The Morgan fingerprint density at radius 3 is 1.53 bits per heavy atom. The molecule has 0 atom stereocenters. The normalized spacial score (nSPS) is 15.0. The highest BCUT2D eigenvalue weighted by atomic mass is 15.1. The van der Waals surface area contributed by atoms with Crippen LogP contribution in [0.25, 0.3) is 66.8 Å². The van der Waals surface area contributed by atoms with Crippen LogP contribution in [-0.2, 0) is 10.8 Å². The lowest BCUT2D eigenvalue weighted by Gasteiger charge is -2.37. The predicted octanol–water partition coefficient (Wildman–Crippen LogP) is 17.4. The minimum absolute atomic E-state index is 0.0341. The van der Waals surface area contributed by atoms with Gasteiger partial charge in [0.2, 0.25) is 0 Å². The zero-order chi connectivity index (χ0) is 42.8. The minimum Gasteiger partial charge on any atom is -0.310 e. The van der Waals surface area contributed by atoms with Gasteiger partial charge in [0.05, 0.1) is 5.69 Å². The standard InChI is InChI=1S/C63H51N/c1-62(2)57-28-13-10-24-51(57)54-26-18-27-55(61(54)62)53-25-12-15-30-60(53)64(48-36-38-52-50-23-11-14-29-58(50)63(59(52)42-48)39-16-5-17-40-63)47-35-37-49(56(41-47)45-21-8-4-9-22-45)46-33-31-44(32-34-46)43-19-6-3-7-20-43/h3-4,6-15,18-38,41-42H,5,16-17,39-40H2,1-2H3. The summed E-state index contributed by atoms with van der Waals surface area (Å²) < 4.78 is 0. The van der Waals surface area contributed by atoms with Gasteiger partial charge >= 0.3 is 0 Å². The summed E-state index contributed by atoms with van der Waals surface area (Å²) in [5.74, 6) is 0. The quantitative estimate of drug-likeness (QED) is 0.155. The summed E-state index contributed by atoms with van der Waals surface area (Å²) in [6.07, 6.45) is 6.22. The monoisotopic (exact) mass is 821 g/mol. The molecular formula is C63H51N. The van der Waals surface area contributed by atoms with E-state index in [2.05, 4.69) is 231 Å². The Labute approximate surface area is 378 Å². The van der Waals surface area contributed by atoms with Crippen LogP contribution in [-0.4, -0.2) is 0 Å². The van der Waals surface area contributed by atoms with Gasteiger partial charge in [0.15, 0.2) is 0 Å². The van der Waals surface area contributed by atoms with Crippen LogP contribution in [0.5, 0.6) is 0 Å². The number of fused-ring (bicyclic) bond motifs is 8. The summed E-state index contributed by atoms with van der Waals surface area (Å²) in [7, 11) is 0. The SMILES string of the molecule is CC1(C)c2ccccc2-c2cccc(-c3ccccc3N(c3ccc(-c4ccc(-c5ccccc5)cc4)c(-c4ccccc4)c3)c3ccc4c(c3)C3(CCCCC3)c3ccccc3-4)c21. The average molecular weight is 822 g/mol. The van der Waals surface area contributed by atoms with Gasteiger partial charge in [-0.05, 0) is 127 Å². The number of anilines is 3. The third-order valence-electron chi connectivity index (χ3n) is 14.9. The molecule has 9 aromatic rings. The second kappa shape index (κ2) is 15.2. The highest BCUT2D eigenvalue weighted by Crippen LogP contribution is 2.58. The van der Waals surface area contributed by atoms with Crippen molar-refractivity contribution < 1.29 is 0 Å². The fourth-order valence-electron chi connectivity index (χ4n) is 11.9. The van der Waals surface area contributed by atoms with Gasteiger partial charge in [-0.3, -0.25) is 0 Å². The first kappa shape index (κ1) is 38.5. The van der Waals surface area contributed by atoms with Crippen molar-refractivity contribution in [2.45, 2.75) is 56.8 Å². The second-order valence-corrected chi connectivity index (χ2v) is 18.7. The zero-order valence-corrected chi connectivity index (χ0v) is 36.7. The Morgan fingerprint density at radius 2 is 0.812 bits per heavy atom. The number of hydrogen-bond acceptors (Lipinski definition) is 1. The van der Waals surface area contributed by atoms with Gasteiger partial charge in [-0.25, -0.2) is 0 Å². The molecule has 3 aliphatic rings. The molecule has 0 aliphatic heterocycles. The van der Waals surface area contributed by atoms with Gasteiger partial charge in [-0.15, -0.1) is 0 Å². The number of benzene rings is 9. The van der Waals surface area contributed by atoms with Crippen molar-refractivity contribution in [1.82, 2.24) is 0 Å². The summed E-state index contributed by atoms with van der Waals surface area (Å²) >= 11 is 0. The molecule has 3 aliphatic carbocycles. The highest BCUT2D eigenvalue weighted by molar-refractivity contribution is 5.97. The lowest BCUT2D eigenvalue weighted by atomic mass is 9.68. The van der Waals surface area contributed by atoms with E-state index in [1.54, 1.807) is 0 Å². The van der Waals surface area contributed by atoms with Gasteiger partial charge in [0.25, 0.3) is 0 Å². The summed E-state index contributed by atoms with van der Waals surface area (Å²) in [5, 5.41) is 0. The second-order valence-electron chi connectivity index (χ2n) is 18.7. The molecule has 12 rings (SSSR count). The summed E-state index contributed by atoms with van der Waals surface area (Å²) in [4.78, 5) is 2.57. The molecule has 1 fully saturated rings. The van der Waals surface area contributed by atoms with Gasteiger partial charge in [0, 0.05) is 27.8 Å². The first-order chi connectivity index (χ1) is 31.5. The topological polar surface area (TPSA) is 3.24 Å².